The zero-order valence-electron chi connectivity index (χ0n) is 8.01. The van der Waals surface area contributed by atoms with Crippen molar-refractivity contribution in [2.45, 2.75) is 0 Å². The molecule has 2 rings (SSSR count). The number of halogens is 1. The summed E-state index contributed by atoms with van der Waals surface area (Å²) in [5.41, 5.74) is 6.06. The number of hydrogen-bond donors (Lipinski definition) is 1. The molecule has 2 N–H and O–H groups in total. The van der Waals surface area contributed by atoms with Crippen LogP contribution in [0.4, 0.5) is 15.8 Å². The van der Waals surface area contributed by atoms with E-state index in [0.717, 1.165) is 11.3 Å². The Morgan fingerprint density at radius 1 is 1.31 bits per heavy atom. The van der Waals surface area contributed by atoms with E-state index in [9.17, 15) is 14.5 Å². The zero-order valence-corrected chi connectivity index (χ0v) is 8.83. The first-order chi connectivity index (χ1) is 7.59. The molecule has 6 heteroatoms. The summed E-state index contributed by atoms with van der Waals surface area (Å²) < 4.78 is 12.8. The lowest BCUT2D eigenvalue weighted by molar-refractivity contribution is -0.383. The van der Waals surface area contributed by atoms with Crippen LogP contribution in [-0.4, -0.2) is 4.92 Å². The molecule has 1 aromatic carbocycles. The van der Waals surface area contributed by atoms with Crippen molar-refractivity contribution in [3.05, 3.63) is 45.6 Å². The zero-order chi connectivity index (χ0) is 11.7. The van der Waals surface area contributed by atoms with E-state index in [4.69, 9.17) is 5.73 Å². The highest BCUT2D eigenvalue weighted by molar-refractivity contribution is 7.14. The molecule has 2 aromatic rings. The Balaban J connectivity index is 2.58. The lowest BCUT2D eigenvalue weighted by atomic mass is 10.1. The fourth-order valence-corrected chi connectivity index (χ4v) is 2.16. The molecule has 0 spiro atoms. The molecule has 0 saturated heterocycles. The SMILES string of the molecule is Nc1c(-c2ccc(F)s2)cccc1[N+](=O)[O-]. The van der Waals surface area contributed by atoms with Gasteiger partial charge in [0, 0.05) is 16.5 Å². The number of benzene rings is 1. The van der Waals surface area contributed by atoms with Crippen LogP contribution in [-0.2, 0) is 0 Å². The molecule has 4 nitrogen and oxygen atoms in total. The van der Waals surface area contributed by atoms with Crippen LogP contribution in [0.5, 0.6) is 0 Å². The molecule has 0 fully saturated rings. The van der Waals surface area contributed by atoms with Gasteiger partial charge >= 0.3 is 0 Å². The highest BCUT2D eigenvalue weighted by Crippen LogP contribution is 2.36. The first-order valence-corrected chi connectivity index (χ1v) is 5.20. The Bertz CT molecular complexity index is 554. The lowest BCUT2D eigenvalue weighted by Crippen LogP contribution is -1.96. The van der Waals surface area contributed by atoms with Crippen LogP contribution in [0.1, 0.15) is 0 Å². The molecule has 0 aliphatic rings. The van der Waals surface area contributed by atoms with Gasteiger partial charge in [-0.1, -0.05) is 12.1 Å². The summed E-state index contributed by atoms with van der Waals surface area (Å²) >= 11 is 0.906. The third-order valence-corrected chi connectivity index (χ3v) is 3.03. The smallest absolute Gasteiger partial charge is 0.292 e. The maximum atomic E-state index is 12.8. The van der Waals surface area contributed by atoms with Gasteiger partial charge in [-0.3, -0.25) is 10.1 Å². The Labute approximate surface area is 94.3 Å². The van der Waals surface area contributed by atoms with Crippen LogP contribution in [0.3, 0.4) is 0 Å². The number of nitro groups is 1. The number of nitrogens with zero attached hydrogens (tertiary/aromatic N) is 1. The Morgan fingerprint density at radius 3 is 2.62 bits per heavy atom. The van der Waals surface area contributed by atoms with Crippen molar-refractivity contribution < 1.29 is 9.31 Å². The maximum absolute atomic E-state index is 12.8. The Hall–Kier alpha value is -1.95. The average molecular weight is 238 g/mol. The van der Waals surface area contributed by atoms with Gasteiger partial charge in [0.1, 0.15) is 5.69 Å². The Morgan fingerprint density at radius 2 is 2.06 bits per heavy atom. The molecule has 0 amide bonds. The van der Waals surface area contributed by atoms with Crippen molar-refractivity contribution in [1.82, 2.24) is 0 Å². The van der Waals surface area contributed by atoms with E-state index >= 15 is 0 Å². The summed E-state index contributed by atoms with van der Waals surface area (Å²) in [6.45, 7) is 0. The van der Waals surface area contributed by atoms with Gasteiger partial charge in [0.2, 0.25) is 0 Å². The molecular weight excluding hydrogens is 231 g/mol. The number of nitrogen functional groups attached to an aromatic ring is 1. The molecule has 16 heavy (non-hydrogen) atoms. The van der Waals surface area contributed by atoms with Crippen molar-refractivity contribution in [2.75, 3.05) is 5.73 Å². The summed E-state index contributed by atoms with van der Waals surface area (Å²) in [4.78, 5) is 10.7. The van der Waals surface area contributed by atoms with Gasteiger partial charge < -0.3 is 5.73 Å². The third-order valence-electron chi connectivity index (χ3n) is 2.12. The summed E-state index contributed by atoms with van der Waals surface area (Å²) in [6.07, 6.45) is 0. The number of nitro benzene ring substituents is 1. The predicted octanol–water partition coefficient (Wildman–Crippen LogP) is 3.04. The molecule has 0 radical (unpaired) electrons. The monoisotopic (exact) mass is 238 g/mol. The van der Waals surface area contributed by atoms with Gasteiger partial charge in [0.05, 0.1) is 4.92 Å². The predicted molar refractivity (Wildman–Crippen MR) is 60.8 cm³/mol. The average Bonchev–Trinajstić information content (AvgIpc) is 2.64. The standard InChI is InChI=1S/C10H7FN2O2S/c11-9-5-4-8(16-9)6-2-1-3-7(10(6)12)13(14)15/h1-5H,12H2. The summed E-state index contributed by atoms with van der Waals surface area (Å²) in [6, 6.07) is 7.34. The molecule has 82 valence electrons. The minimum atomic E-state index is -0.553. The minimum Gasteiger partial charge on any atom is -0.393 e. The fourth-order valence-electron chi connectivity index (χ4n) is 1.39. The first kappa shape index (κ1) is 10.6. The van der Waals surface area contributed by atoms with Crippen LogP contribution in [0.2, 0.25) is 0 Å². The summed E-state index contributed by atoms with van der Waals surface area (Å²) in [5, 5.41) is 10.3. The molecule has 1 aromatic heterocycles. The van der Waals surface area contributed by atoms with Gasteiger partial charge in [-0.25, -0.2) is 0 Å². The largest absolute Gasteiger partial charge is 0.393 e. The molecular formula is C10H7FN2O2S. The number of thiophene rings is 1. The quantitative estimate of drug-likeness (QED) is 0.496. The van der Waals surface area contributed by atoms with Crippen molar-refractivity contribution in [1.29, 1.82) is 0 Å². The van der Waals surface area contributed by atoms with E-state index in [1.807, 2.05) is 0 Å². The van der Waals surface area contributed by atoms with Gasteiger partial charge in [0.15, 0.2) is 5.13 Å². The third kappa shape index (κ3) is 1.74. The topological polar surface area (TPSA) is 69.2 Å². The van der Waals surface area contributed by atoms with Crippen molar-refractivity contribution in [3.63, 3.8) is 0 Å². The van der Waals surface area contributed by atoms with Crippen LogP contribution in [0, 0.1) is 15.2 Å². The van der Waals surface area contributed by atoms with E-state index in [-0.39, 0.29) is 16.5 Å². The molecule has 1 heterocycles. The van der Waals surface area contributed by atoms with Crippen LogP contribution in [0.15, 0.2) is 30.3 Å². The number of nitrogens with two attached hydrogens (primary N) is 1. The van der Waals surface area contributed by atoms with Gasteiger partial charge in [-0.05, 0) is 12.1 Å². The molecule has 0 saturated carbocycles. The second-order valence-corrected chi connectivity index (χ2v) is 4.13. The van der Waals surface area contributed by atoms with Gasteiger partial charge in [-0.2, -0.15) is 4.39 Å². The van der Waals surface area contributed by atoms with Crippen LogP contribution >= 0.6 is 11.3 Å². The van der Waals surface area contributed by atoms with Crippen LogP contribution in [0.25, 0.3) is 10.4 Å². The molecule has 0 unspecified atom stereocenters. The first-order valence-electron chi connectivity index (χ1n) is 4.38. The summed E-state index contributed by atoms with van der Waals surface area (Å²) in [7, 11) is 0. The van der Waals surface area contributed by atoms with Gasteiger partial charge in [-0.15, -0.1) is 11.3 Å². The lowest BCUT2D eigenvalue weighted by Gasteiger charge is -2.02. The van der Waals surface area contributed by atoms with Gasteiger partial charge in [0.25, 0.3) is 5.69 Å². The van der Waals surface area contributed by atoms with Crippen LogP contribution < -0.4 is 5.73 Å². The second kappa shape index (κ2) is 3.90. The molecule has 0 aliphatic carbocycles. The molecule has 0 bridgehead atoms. The van der Waals surface area contributed by atoms with E-state index in [1.165, 1.54) is 18.2 Å². The molecule has 0 aliphatic heterocycles. The van der Waals surface area contributed by atoms with E-state index in [1.54, 1.807) is 12.1 Å². The van der Waals surface area contributed by atoms with Crippen molar-refractivity contribution >= 4 is 22.7 Å². The number of para-hydroxylation sites is 1. The highest BCUT2D eigenvalue weighted by atomic mass is 32.1. The summed E-state index contributed by atoms with van der Waals surface area (Å²) in [5.74, 6) is 0. The van der Waals surface area contributed by atoms with Crippen molar-refractivity contribution in [3.8, 4) is 10.4 Å². The number of hydrogen-bond acceptors (Lipinski definition) is 4. The Kier molecular flexibility index (Phi) is 2.57. The van der Waals surface area contributed by atoms with E-state index in [0.29, 0.717) is 10.4 Å². The second-order valence-electron chi connectivity index (χ2n) is 3.10. The highest BCUT2D eigenvalue weighted by Gasteiger charge is 2.16. The number of anilines is 1. The van der Waals surface area contributed by atoms with E-state index in [2.05, 4.69) is 0 Å². The minimum absolute atomic E-state index is 0.0642. The fraction of sp³-hybridized carbons (Fsp3) is 0. The normalized spacial score (nSPS) is 10.3. The van der Waals surface area contributed by atoms with Crippen molar-refractivity contribution in [2.24, 2.45) is 0 Å². The maximum Gasteiger partial charge on any atom is 0.292 e. The molecule has 0 atom stereocenters. The van der Waals surface area contributed by atoms with E-state index < -0.39 is 4.92 Å². The number of rotatable bonds is 2.